The average Bonchev–Trinajstić information content (AvgIpc) is 3.12. The van der Waals surface area contributed by atoms with Crippen LogP contribution in [-0.2, 0) is 0 Å². The summed E-state index contributed by atoms with van der Waals surface area (Å²) in [6, 6.07) is 0. The van der Waals surface area contributed by atoms with Crippen molar-refractivity contribution in [1.29, 1.82) is 0 Å². The van der Waals surface area contributed by atoms with Crippen molar-refractivity contribution in [2.75, 3.05) is 6.61 Å². The third-order valence-corrected chi connectivity index (χ3v) is 13.5. The molecule has 0 spiro atoms. The van der Waals surface area contributed by atoms with Crippen LogP contribution in [0.5, 0.6) is 0 Å². The second-order valence-corrected chi connectivity index (χ2v) is 14.6. The summed E-state index contributed by atoms with van der Waals surface area (Å²) in [5, 5.41) is 21.5. The Hall–Kier alpha value is -0.340. The molecule has 0 aromatic rings. The van der Waals surface area contributed by atoms with Gasteiger partial charge in [-0.1, -0.05) is 46.8 Å². The van der Waals surface area contributed by atoms with Gasteiger partial charge >= 0.3 is 0 Å². The highest BCUT2D eigenvalue weighted by atomic mass is 16.3. The molecule has 2 N–H and O–H groups in total. The molecule has 0 aromatic heterocycles. The molecule has 2 nitrogen and oxygen atoms in total. The van der Waals surface area contributed by atoms with Gasteiger partial charge in [-0.2, -0.15) is 0 Å². The first-order valence-electron chi connectivity index (χ1n) is 13.8. The smallest absolute Gasteiger partial charge is 0.0594 e. The van der Waals surface area contributed by atoms with Crippen LogP contribution in [0.25, 0.3) is 0 Å². The average molecular weight is 443 g/mol. The van der Waals surface area contributed by atoms with Crippen LogP contribution in [0, 0.1) is 56.7 Å². The van der Waals surface area contributed by atoms with E-state index < -0.39 is 0 Å². The van der Waals surface area contributed by atoms with Gasteiger partial charge < -0.3 is 10.2 Å². The van der Waals surface area contributed by atoms with Crippen LogP contribution in [0.3, 0.4) is 0 Å². The maximum atomic E-state index is 10.9. The maximum absolute atomic E-state index is 10.9. The molecule has 0 amide bonds. The zero-order valence-corrected chi connectivity index (χ0v) is 21.8. The fourth-order valence-electron chi connectivity index (χ4n) is 11.5. The molecule has 5 aliphatic carbocycles. The van der Waals surface area contributed by atoms with Crippen LogP contribution in [0.4, 0.5) is 0 Å². The summed E-state index contributed by atoms with van der Waals surface area (Å²) in [6.45, 7) is 19.7. The van der Waals surface area contributed by atoms with Gasteiger partial charge in [-0.15, -0.1) is 0 Å². The van der Waals surface area contributed by atoms with Gasteiger partial charge in [0.2, 0.25) is 0 Å². The fraction of sp³-hybridized carbons (Fsp3) is 0.933. The van der Waals surface area contributed by atoms with E-state index in [-0.39, 0.29) is 16.9 Å². The van der Waals surface area contributed by atoms with Gasteiger partial charge in [0.05, 0.1) is 6.10 Å². The third-order valence-electron chi connectivity index (χ3n) is 13.5. The molecule has 5 fully saturated rings. The Morgan fingerprint density at radius 2 is 1.53 bits per heavy atom. The Balaban J connectivity index is 1.55. The number of aliphatic hydroxyl groups is 2. The molecule has 2 heteroatoms. The summed E-state index contributed by atoms with van der Waals surface area (Å²) in [6.07, 6.45) is 12.2. The molecular weight excluding hydrogens is 392 g/mol. The van der Waals surface area contributed by atoms with Gasteiger partial charge in [-0.25, -0.2) is 0 Å². The summed E-state index contributed by atoms with van der Waals surface area (Å²) >= 11 is 0. The number of fused-ring (bicyclic) bond motifs is 7. The second kappa shape index (κ2) is 7.09. The topological polar surface area (TPSA) is 40.5 Å². The minimum Gasteiger partial charge on any atom is -0.396 e. The molecule has 0 saturated heterocycles. The number of hydrogen-bond donors (Lipinski definition) is 2. The van der Waals surface area contributed by atoms with E-state index >= 15 is 0 Å². The first-order valence-corrected chi connectivity index (χ1v) is 13.8. The standard InChI is InChI=1S/C30H50O2/c1-19(2)20-10-15-30(18-31)17-16-28(6)21(25(20)30)8-9-23-27(5)13-12-24(32)26(3,4)22(27)11-14-29(23,28)7/h20-25,31-32H,1,8-18H2,2-7H3/t20?,21-,22?,23-,24+,25?,27+,28-,29-,30-/m1/s1. The Morgan fingerprint density at radius 3 is 2.19 bits per heavy atom. The van der Waals surface area contributed by atoms with Crippen LogP contribution < -0.4 is 0 Å². The Labute approximate surface area is 197 Å². The molecule has 5 saturated carbocycles. The molecule has 0 bridgehead atoms. The lowest BCUT2D eigenvalue weighted by Gasteiger charge is -2.73. The number of allylic oxidation sites excluding steroid dienone is 1. The molecule has 0 aromatic carbocycles. The second-order valence-electron chi connectivity index (χ2n) is 14.6. The Kier molecular flexibility index (Phi) is 5.19. The van der Waals surface area contributed by atoms with E-state index in [2.05, 4.69) is 48.1 Å². The molecule has 0 heterocycles. The maximum Gasteiger partial charge on any atom is 0.0594 e. The van der Waals surface area contributed by atoms with Gasteiger partial charge in [0.25, 0.3) is 0 Å². The number of hydrogen-bond acceptors (Lipinski definition) is 2. The van der Waals surface area contributed by atoms with Crippen molar-refractivity contribution in [3.63, 3.8) is 0 Å². The molecule has 32 heavy (non-hydrogen) atoms. The lowest BCUT2D eigenvalue weighted by molar-refractivity contribution is -0.249. The minimum absolute atomic E-state index is 0.0290. The van der Waals surface area contributed by atoms with Crippen molar-refractivity contribution in [2.45, 2.75) is 112 Å². The van der Waals surface area contributed by atoms with Gasteiger partial charge in [0.15, 0.2) is 0 Å². The van der Waals surface area contributed by atoms with Crippen molar-refractivity contribution < 1.29 is 10.2 Å². The van der Waals surface area contributed by atoms with E-state index in [0.29, 0.717) is 40.6 Å². The van der Waals surface area contributed by atoms with E-state index in [0.717, 1.165) is 18.3 Å². The van der Waals surface area contributed by atoms with E-state index in [1.165, 1.54) is 63.4 Å². The summed E-state index contributed by atoms with van der Waals surface area (Å²) in [5.41, 5.74) is 2.60. The van der Waals surface area contributed by atoms with Crippen LogP contribution in [0.1, 0.15) is 106 Å². The van der Waals surface area contributed by atoms with E-state index in [4.69, 9.17) is 0 Å². The predicted octanol–water partition coefficient (Wildman–Crippen LogP) is 7.00. The van der Waals surface area contributed by atoms with Crippen molar-refractivity contribution >= 4 is 0 Å². The molecule has 182 valence electrons. The molecule has 5 rings (SSSR count). The highest BCUT2D eigenvalue weighted by Crippen LogP contribution is 2.77. The number of aliphatic hydroxyl groups excluding tert-OH is 2. The Bertz CT molecular complexity index is 786. The fourth-order valence-corrected chi connectivity index (χ4v) is 11.5. The van der Waals surface area contributed by atoms with Gasteiger partial charge in [-0.3, -0.25) is 0 Å². The highest BCUT2D eigenvalue weighted by molar-refractivity contribution is 5.21. The summed E-state index contributed by atoms with van der Waals surface area (Å²) < 4.78 is 0. The lowest BCUT2D eigenvalue weighted by atomic mass is 9.32. The minimum atomic E-state index is -0.147. The molecule has 5 aliphatic rings. The predicted molar refractivity (Wildman–Crippen MR) is 132 cm³/mol. The third kappa shape index (κ3) is 2.66. The molecule has 10 atom stereocenters. The lowest BCUT2D eigenvalue weighted by Crippen LogP contribution is -2.66. The van der Waals surface area contributed by atoms with Gasteiger partial charge in [0, 0.05) is 6.61 Å². The largest absolute Gasteiger partial charge is 0.396 e. The zero-order valence-electron chi connectivity index (χ0n) is 21.8. The van der Waals surface area contributed by atoms with Crippen LogP contribution in [0.15, 0.2) is 12.2 Å². The first kappa shape index (κ1) is 23.4. The number of rotatable bonds is 2. The van der Waals surface area contributed by atoms with Crippen molar-refractivity contribution in [1.82, 2.24) is 0 Å². The first-order chi connectivity index (χ1) is 14.9. The van der Waals surface area contributed by atoms with Crippen LogP contribution in [-0.4, -0.2) is 22.9 Å². The van der Waals surface area contributed by atoms with E-state index in [1.807, 2.05) is 0 Å². The van der Waals surface area contributed by atoms with Gasteiger partial charge in [-0.05, 0) is 128 Å². The normalized spacial score (nSPS) is 56.5. The molecule has 0 radical (unpaired) electrons. The van der Waals surface area contributed by atoms with Crippen molar-refractivity contribution in [3.8, 4) is 0 Å². The monoisotopic (exact) mass is 442 g/mol. The molecule has 0 aliphatic heterocycles. The summed E-state index contributed by atoms with van der Waals surface area (Å²) in [4.78, 5) is 0. The van der Waals surface area contributed by atoms with E-state index in [1.54, 1.807) is 0 Å². The SMILES string of the molecule is C=C(C)C1CC[C@]2(CO)CC[C@]3(C)[C@H](CC[C@@H]4[C@@]5(C)CC[C@H](O)C(C)(C)C5CC[C@]43C)C12. The molecular formula is C30H50O2. The van der Waals surface area contributed by atoms with Crippen molar-refractivity contribution in [3.05, 3.63) is 12.2 Å². The summed E-state index contributed by atoms with van der Waals surface area (Å²) in [7, 11) is 0. The molecule has 3 unspecified atom stereocenters. The van der Waals surface area contributed by atoms with Crippen LogP contribution >= 0.6 is 0 Å². The van der Waals surface area contributed by atoms with Crippen molar-refractivity contribution in [2.24, 2.45) is 56.7 Å². The van der Waals surface area contributed by atoms with E-state index in [9.17, 15) is 10.2 Å². The summed E-state index contributed by atoms with van der Waals surface area (Å²) in [5.74, 6) is 3.33. The zero-order chi connectivity index (χ0) is 23.3. The highest BCUT2D eigenvalue weighted by Gasteiger charge is 2.70. The Morgan fingerprint density at radius 1 is 0.812 bits per heavy atom. The quantitative estimate of drug-likeness (QED) is 0.452. The van der Waals surface area contributed by atoms with Gasteiger partial charge in [0.1, 0.15) is 0 Å². The van der Waals surface area contributed by atoms with Crippen LogP contribution in [0.2, 0.25) is 0 Å².